The Morgan fingerprint density at radius 1 is 0.828 bits per heavy atom. The Morgan fingerprint density at radius 3 is 2.10 bits per heavy atom. The van der Waals surface area contributed by atoms with Crippen molar-refractivity contribution in [3.63, 3.8) is 0 Å². The number of azo groups is 1. The first-order valence-corrected chi connectivity index (χ1v) is 8.94. The van der Waals surface area contributed by atoms with Crippen molar-refractivity contribution in [3.8, 4) is 22.6 Å². The van der Waals surface area contributed by atoms with Gasteiger partial charge in [-0.2, -0.15) is 5.11 Å². The number of ether oxygens (including phenoxy) is 2. The summed E-state index contributed by atoms with van der Waals surface area (Å²) < 4.78 is 10.7. The van der Waals surface area contributed by atoms with E-state index in [4.69, 9.17) is 9.47 Å². The summed E-state index contributed by atoms with van der Waals surface area (Å²) in [4.78, 5) is 11.5. The molecule has 0 saturated heterocycles. The van der Waals surface area contributed by atoms with Crippen molar-refractivity contribution in [2.45, 2.75) is 13.8 Å². The van der Waals surface area contributed by atoms with Gasteiger partial charge < -0.3 is 9.47 Å². The molecule has 0 aliphatic rings. The highest BCUT2D eigenvalue weighted by Gasteiger charge is 2.25. The summed E-state index contributed by atoms with van der Waals surface area (Å²) in [6.45, 7) is 3.79. The largest absolute Gasteiger partial charge is 0.496 e. The molecule has 0 heterocycles. The molecule has 0 aromatic heterocycles. The molecule has 0 unspecified atom stereocenters. The number of rotatable bonds is 6. The highest BCUT2D eigenvalue weighted by Crippen LogP contribution is 2.44. The van der Waals surface area contributed by atoms with Crippen LogP contribution in [0.15, 0.2) is 64.8 Å². The van der Waals surface area contributed by atoms with Crippen molar-refractivity contribution >= 4 is 17.1 Å². The Hall–Kier alpha value is -3.74. The van der Waals surface area contributed by atoms with Gasteiger partial charge in [-0.1, -0.05) is 30.3 Å². The van der Waals surface area contributed by atoms with E-state index < -0.39 is 4.92 Å². The van der Waals surface area contributed by atoms with Crippen LogP contribution < -0.4 is 9.47 Å². The maximum atomic E-state index is 11.9. The maximum Gasteiger partial charge on any atom is 0.308 e. The zero-order valence-electron chi connectivity index (χ0n) is 16.7. The normalized spacial score (nSPS) is 10.9. The van der Waals surface area contributed by atoms with Gasteiger partial charge in [0.15, 0.2) is 5.69 Å². The predicted octanol–water partition coefficient (Wildman–Crippen LogP) is 6.31. The first-order chi connectivity index (χ1) is 14.0. The molecule has 0 radical (unpaired) electrons. The molecular formula is C22H21N3O4. The topological polar surface area (TPSA) is 86.3 Å². The first kappa shape index (κ1) is 20.0. The van der Waals surface area contributed by atoms with E-state index in [-0.39, 0.29) is 11.4 Å². The fraction of sp³-hybridized carbons (Fsp3) is 0.182. The van der Waals surface area contributed by atoms with Gasteiger partial charge in [0.25, 0.3) is 0 Å². The molecule has 0 aliphatic carbocycles. The van der Waals surface area contributed by atoms with Crippen molar-refractivity contribution in [2.24, 2.45) is 10.2 Å². The Bertz CT molecular complexity index is 1080. The lowest BCUT2D eigenvalue weighted by Gasteiger charge is -2.11. The van der Waals surface area contributed by atoms with Crippen LogP contribution in [0, 0.1) is 24.0 Å². The van der Waals surface area contributed by atoms with E-state index >= 15 is 0 Å². The summed E-state index contributed by atoms with van der Waals surface area (Å²) in [5, 5.41) is 20.4. The minimum atomic E-state index is -0.453. The predicted molar refractivity (Wildman–Crippen MR) is 112 cm³/mol. The molecule has 0 spiro atoms. The molecule has 7 heteroatoms. The Balaban J connectivity index is 2.15. The molecule has 148 valence electrons. The van der Waals surface area contributed by atoms with Crippen LogP contribution in [0.4, 0.5) is 17.1 Å². The van der Waals surface area contributed by atoms with Crippen LogP contribution in [0.1, 0.15) is 11.1 Å². The fourth-order valence-electron chi connectivity index (χ4n) is 3.09. The van der Waals surface area contributed by atoms with Crippen LogP contribution >= 0.6 is 0 Å². The van der Waals surface area contributed by atoms with E-state index in [0.717, 1.165) is 16.9 Å². The van der Waals surface area contributed by atoms with Gasteiger partial charge in [-0.25, -0.2) is 0 Å². The zero-order chi connectivity index (χ0) is 21.0. The quantitative estimate of drug-likeness (QED) is 0.280. The third-order valence-corrected chi connectivity index (χ3v) is 4.56. The molecule has 0 atom stereocenters. The van der Waals surface area contributed by atoms with Gasteiger partial charge in [0, 0.05) is 0 Å². The molecule has 0 fully saturated rings. The average Bonchev–Trinajstić information content (AvgIpc) is 2.73. The number of aryl methyl sites for hydroxylation is 2. The molecule has 0 N–H and O–H groups in total. The molecule has 0 amide bonds. The highest BCUT2D eigenvalue weighted by atomic mass is 16.6. The van der Waals surface area contributed by atoms with Gasteiger partial charge in [-0.15, -0.1) is 5.11 Å². The number of methoxy groups -OCH3 is 2. The molecule has 3 rings (SSSR count). The molecular weight excluding hydrogens is 370 g/mol. The average molecular weight is 391 g/mol. The smallest absolute Gasteiger partial charge is 0.308 e. The third kappa shape index (κ3) is 4.08. The zero-order valence-corrected chi connectivity index (χ0v) is 16.7. The van der Waals surface area contributed by atoms with Crippen LogP contribution in [0.2, 0.25) is 0 Å². The standard InChI is InChI=1S/C22H21N3O4/c1-14-13-20(29-4)15(2)12-18(14)24-23-17-10-11-19(28-3)21(22(17)25(26)27)16-8-6-5-7-9-16/h5-13H,1-4H3. The monoisotopic (exact) mass is 391 g/mol. The SMILES string of the molecule is COc1cc(C)c(N=Nc2ccc(OC)c(-c3ccccc3)c2[N+](=O)[O-])cc1C. The number of nitro benzene ring substituents is 1. The number of benzene rings is 3. The number of nitro groups is 1. The van der Waals surface area contributed by atoms with E-state index in [1.807, 2.05) is 44.2 Å². The lowest BCUT2D eigenvalue weighted by atomic mass is 10.0. The fourth-order valence-corrected chi connectivity index (χ4v) is 3.09. The number of hydrogen-bond acceptors (Lipinski definition) is 6. The van der Waals surface area contributed by atoms with Gasteiger partial charge in [-0.3, -0.25) is 10.1 Å². The Labute approximate surface area is 168 Å². The molecule has 0 saturated carbocycles. The van der Waals surface area contributed by atoms with Gasteiger partial charge in [0.05, 0.1) is 24.8 Å². The first-order valence-electron chi connectivity index (χ1n) is 8.94. The second kappa shape index (κ2) is 8.52. The summed E-state index contributed by atoms with van der Waals surface area (Å²) in [7, 11) is 3.09. The third-order valence-electron chi connectivity index (χ3n) is 4.56. The van der Waals surface area contributed by atoms with Crippen LogP contribution in [0.5, 0.6) is 11.5 Å². The number of nitrogens with zero attached hydrogens (tertiary/aromatic N) is 3. The van der Waals surface area contributed by atoms with Gasteiger partial charge in [-0.05, 0) is 54.8 Å². The summed E-state index contributed by atoms with van der Waals surface area (Å²) in [6.07, 6.45) is 0. The van der Waals surface area contributed by atoms with E-state index in [1.54, 1.807) is 31.4 Å². The molecule has 7 nitrogen and oxygen atoms in total. The van der Waals surface area contributed by atoms with Crippen molar-refractivity contribution < 1.29 is 14.4 Å². The van der Waals surface area contributed by atoms with Gasteiger partial charge in [0.1, 0.15) is 17.1 Å². The second-order valence-electron chi connectivity index (χ2n) is 6.44. The minimum Gasteiger partial charge on any atom is -0.496 e. The Morgan fingerprint density at radius 2 is 1.48 bits per heavy atom. The van der Waals surface area contributed by atoms with Crippen molar-refractivity contribution in [1.82, 2.24) is 0 Å². The van der Waals surface area contributed by atoms with Crippen LogP contribution in [-0.4, -0.2) is 19.1 Å². The molecule has 0 aliphatic heterocycles. The van der Waals surface area contributed by atoms with E-state index in [1.165, 1.54) is 7.11 Å². The molecule has 3 aromatic rings. The van der Waals surface area contributed by atoms with Crippen molar-refractivity contribution in [3.05, 3.63) is 75.8 Å². The molecule has 0 bridgehead atoms. The van der Waals surface area contributed by atoms with Crippen LogP contribution in [-0.2, 0) is 0 Å². The van der Waals surface area contributed by atoms with E-state index in [2.05, 4.69) is 10.2 Å². The van der Waals surface area contributed by atoms with Crippen LogP contribution in [0.25, 0.3) is 11.1 Å². The molecule has 3 aromatic carbocycles. The van der Waals surface area contributed by atoms with Gasteiger partial charge in [0.2, 0.25) is 0 Å². The molecule has 29 heavy (non-hydrogen) atoms. The summed E-state index contributed by atoms with van der Waals surface area (Å²) >= 11 is 0. The summed E-state index contributed by atoms with van der Waals surface area (Å²) in [6, 6.07) is 16.0. The summed E-state index contributed by atoms with van der Waals surface area (Å²) in [5.74, 6) is 1.15. The minimum absolute atomic E-state index is 0.151. The van der Waals surface area contributed by atoms with Crippen LogP contribution in [0.3, 0.4) is 0 Å². The second-order valence-corrected chi connectivity index (χ2v) is 6.44. The van der Waals surface area contributed by atoms with Gasteiger partial charge >= 0.3 is 5.69 Å². The van der Waals surface area contributed by atoms with E-state index in [9.17, 15) is 10.1 Å². The van der Waals surface area contributed by atoms with E-state index in [0.29, 0.717) is 22.6 Å². The summed E-state index contributed by atoms with van der Waals surface area (Å²) in [5.41, 5.74) is 3.43. The lowest BCUT2D eigenvalue weighted by molar-refractivity contribution is -0.383. The maximum absolute atomic E-state index is 11.9. The highest BCUT2D eigenvalue weighted by molar-refractivity contribution is 5.85. The Kier molecular flexibility index (Phi) is 5.87. The number of hydrogen-bond donors (Lipinski definition) is 0. The lowest BCUT2D eigenvalue weighted by Crippen LogP contribution is -1.96. The van der Waals surface area contributed by atoms with Crippen molar-refractivity contribution in [2.75, 3.05) is 14.2 Å². The van der Waals surface area contributed by atoms with Crippen molar-refractivity contribution in [1.29, 1.82) is 0 Å².